The molecule has 1 fully saturated rings. The minimum atomic E-state index is 0.179. The standard InChI is InChI=1S/C18H29NO2/c1-17(2)11-13(12-18(3,4)19-17)9-14-10-15(20-5)7-8-16(14)21-6/h7-8,10,13,19H,9,11-12H2,1-6H3. The van der Waals surface area contributed by atoms with Gasteiger partial charge in [0, 0.05) is 11.1 Å². The van der Waals surface area contributed by atoms with Crippen LogP contribution in [0.3, 0.4) is 0 Å². The van der Waals surface area contributed by atoms with E-state index in [0.717, 1.165) is 17.9 Å². The molecule has 3 nitrogen and oxygen atoms in total. The lowest BCUT2D eigenvalue weighted by atomic mass is 9.74. The van der Waals surface area contributed by atoms with Crippen LogP contribution in [0.25, 0.3) is 0 Å². The molecule has 0 aromatic heterocycles. The summed E-state index contributed by atoms with van der Waals surface area (Å²) in [4.78, 5) is 0. The number of hydrogen-bond acceptors (Lipinski definition) is 3. The van der Waals surface area contributed by atoms with E-state index in [1.54, 1.807) is 14.2 Å². The molecule has 1 N–H and O–H groups in total. The third kappa shape index (κ3) is 4.13. The van der Waals surface area contributed by atoms with Gasteiger partial charge < -0.3 is 14.8 Å². The second-order valence-electron chi connectivity index (χ2n) is 7.55. The molecule has 2 rings (SSSR count). The highest BCUT2D eigenvalue weighted by atomic mass is 16.5. The molecular weight excluding hydrogens is 262 g/mol. The Labute approximate surface area is 129 Å². The molecule has 1 saturated heterocycles. The molecule has 1 aromatic carbocycles. The van der Waals surface area contributed by atoms with Crippen molar-refractivity contribution in [3.8, 4) is 11.5 Å². The Kier molecular flexibility index (Phi) is 4.52. The zero-order valence-electron chi connectivity index (χ0n) is 14.2. The summed E-state index contributed by atoms with van der Waals surface area (Å²) in [5, 5.41) is 3.74. The molecule has 118 valence electrons. The molecule has 1 aliphatic rings. The van der Waals surface area contributed by atoms with Crippen LogP contribution in [0.4, 0.5) is 0 Å². The average Bonchev–Trinajstić information content (AvgIpc) is 2.34. The van der Waals surface area contributed by atoms with Crippen molar-refractivity contribution in [2.75, 3.05) is 14.2 Å². The summed E-state index contributed by atoms with van der Waals surface area (Å²) in [5.41, 5.74) is 1.60. The third-order valence-corrected chi connectivity index (χ3v) is 4.27. The van der Waals surface area contributed by atoms with Crippen molar-refractivity contribution < 1.29 is 9.47 Å². The highest BCUT2D eigenvalue weighted by molar-refractivity contribution is 5.40. The molecule has 0 spiro atoms. The molecule has 3 heteroatoms. The van der Waals surface area contributed by atoms with E-state index in [2.05, 4.69) is 39.1 Å². The van der Waals surface area contributed by atoms with E-state index in [4.69, 9.17) is 9.47 Å². The van der Waals surface area contributed by atoms with Crippen LogP contribution in [-0.2, 0) is 6.42 Å². The van der Waals surface area contributed by atoms with Crippen LogP contribution in [0.15, 0.2) is 18.2 Å². The van der Waals surface area contributed by atoms with Crippen LogP contribution in [0.1, 0.15) is 46.1 Å². The van der Waals surface area contributed by atoms with Crippen molar-refractivity contribution in [1.82, 2.24) is 5.32 Å². The quantitative estimate of drug-likeness (QED) is 0.915. The average molecular weight is 291 g/mol. The number of hydrogen-bond donors (Lipinski definition) is 1. The zero-order chi connectivity index (χ0) is 15.7. The lowest BCUT2D eigenvalue weighted by Gasteiger charge is -2.46. The van der Waals surface area contributed by atoms with Crippen molar-refractivity contribution in [1.29, 1.82) is 0 Å². The van der Waals surface area contributed by atoms with Gasteiger partial charge in [0.05, 0.1) is 14.2 Å². The van der Waals surface area contributed by atoms with Crippen molar-refractivity contribution in [2.45, 2.75) is 58.0 Å². The Morgan fingerprint density at radius 2 is 1.67 bits per heavy atom. The summed E-state index contributed by atoms with van der Waals surface area (Å²) < 4.78 is 10.9. The van der Waals surface area contributed by atoms with Gasteiger partial charge in [0.1, 0.15) is 11.5 Å². The van der Waals surface area contributed by atoms with Crippen LogP contribution < -0.4 is 14.8 Å². The van der Waals surface area contributed by atoms with Gasteiger partial charge in [-0.05, 0) is 76.6 Å². The lowest BCUT2D eigenvalue weighted by molar-refractivity contribution is 0.128. The van der Waals surface area contributed by atoms with Crippen LogP contribution in [-0.4, -0.2) is 25.3 Å². The Bertz CT molecular complexity index is 478. The molecule has 0 amide bonds. The monoisotopic (exact) mass is 291 g/mol. The topological polar surface area (TPSA) is 30.5 Å². The lowest BCUT2D eigenvalue weighted by Crippen LogP contribution is -2.58. The molecule has 0 unspecified atom stereocenters. The Hall–Kier alpha value is -1.22. The molecule has 0 atom stereocenters. The number of methoxy groups -OCH3 is 2. The molecular formula is C18H29NO2. The van der Waals surface area contributed by atoms with E-state index in [9.17, 15) is 0 Å². The van der Waals surface area contributed by atoms with E-state index in [1.165, 1.54) is 18.4 Å². The normalized spacial score (nSPS) is 21.0. The molecule has 21 heavy (non-hydrogen) atoms. The number of benzene rings is 1. The summed E-state index contributed by atoms with van der Waals surface area (Å²) in [7, 11) is 3.45. The van der Waals surface area contributed by atoms with Crippen molar-refractivity contribution in [2.24, 2.45) is 5.92 Å². The zero-order valence-corrected chi connectivity index (χ0v) is 14.2. The smallest absolute Gasteiger partial charge is 0.122 e. The van der Waals surface area contributed by atoms with E-state index in [-0.39, 0.29) is 11.1 Å². The Morgan fingerprint density at radius 3 is 2.19 bits per heavy atom. The Balaban J connectivity index is 2.20. The second-order valence-corrected chi connectivity index (χ2v) is 7.55. The van der Waals surface area contributed by atoms with Crippen molar-refractivity contribution in [3.63, 3.8) is 0 Å². The van der Waals surface area contributed by atoms with Gasteiger partial charge >= 0.3 is 0 Å². The largest absolute Gasteiger partial charge is 0.497 e. The molecule has 0 saturated carbocycles. The first kappa shape index (κ1) is 16.2. The highest BCUT2D eigenvalue weighted by Gasteiger charge is 2.37. The predicted molar refractivity (Wildman–Crippen MR) is 87.3 cm³/mol. The van der Waals surface area contributed by atoms with E-state index >= 15 is 0 Å². The van der Waals surface area contributed by atoms with Gasteiger partial charge in [-0.15, -0.1) is 0 Å². The maximum Gasteiger partial charge on any atom is 0.122 e. The fourth-order valence-corrected chi connectivity index (χ4v) is 4.03. The molecule has 1 aromatic rings. The molecule has 0 bridgehead atoms. The first-order valence-electron chi connectivity index (χ1n) is 7.75. The summed E-state index contributed by atoms with van der Waals surface area (Å²) in [6.07, 6.45) is 3.39. The number of nitrogens with one attached hydrogen (secondary N) is 1. The van der Waals surface area contributed by atoms with Gasteiger partial charge in [-0.3, -0.25) is 0 Å². The van der Waals surface area contributed by atoms with E-state index in [0.29, 0.717) is 5.92 Å². The van der Waals surface area contributed by atoms with Crippen LogP contribution in [0, 0.1) is 5.92 Å². The summed E-state index contributed by atoms with van der Waals surface area (Å²) in [6.45, 7) is 9.18. The highest BCUT2D eigenvalue weighted by Crippen LogP contribution is 2.37. The molecule has 0 aliphatic carbocycles. The first-order chi connectivity index (χ1) is 9.74. The van der Waals surface area contributed by atoms with Gasteiger partial charge in [0.25, 0.3) is 0 Å². The van der Waals surface area contributed by atoms with Gasteiger partial charge in [0.15, 0.2) is 0 Å². The predicted octanol–water partition coefficient (Wildman–Crippen LogP) is 3.80. The second kappa shape index (κ2) is 5.88. The van der Waals surface area contributed by atoms with Crippen molar-refractivity contribution in [3.05, 3.63) is 23.8 Å². The fraction of sp³-hybridized carbons (Fsp3) is 0.667. The van der Waals surface area contributed by atoms with Crippen LogP contribution in [0.2, 0.25) is 0 Å². The number of ether oxygens (including phenoxy) is 2. The summed E-state index contributed by atoms with van der Waals surface area (Å²) in [5.74, 6) is 2.51. The third-order valence-electron chi connectivity index (χ3n) is 4.27. The number of piperidine rings is 1. The van der Waals surface area contributed by atoms with Gasteiger partial charge in [0.2, 0.25) is 0 Å². The first-order valence-corrected chi connectivity index (χ1v) is 7.75. The van der Waals surface area contributed by atoms with Crippen LogP contribution in [0.5, 0.6) is 11.5 Å². The van der Waals surface area contributed by atoms with Crippen molar-refractivity contribution >= 4 is 0 Å². The van der Waals surface area contributed by atoms with E-state index in [1.807, 2.05) is 12.1 Å². The molecule has 0 radical (unpaired) electrons. The van der Waals surface area contributed by atoms with Gasteiger partial charge in [-0.2, -0.15) is 0 Å². The number of rotatable bonds is 4. The van der Waals surface area contributed by atoms with Crippen LogP contribution >= 0.6 is 0 Å². The minimum Gasteiger partial charge on any atom is -0.497 e. The molecule has 1 aliphatic heterocycles. The van der Waals surface area contributed by atoms with Gasteiger partial charge in [-0.25, -0.2) is 0 Å². The maximum atomic E-state index is 5.52. The minimum absolute atomic E-state index is 0.179. The molecule has 1 heterocycles. The van der Waals surface area contributed by atoms with E-state index < -0.39 is 0 Å². The summed E-state index contributed by atoms with van der Waals surface area (Å²) in [6, 6.07) is 6.07. The summed E-state index contributed by atoms with van der Waals surface area (Å²) >= 11 is 0. The Morgan fingerprint density at radius 1 is 1.05 bits per heavy atom. The fourth-order valence-electron chi connectivity index (χ4n) is 4.03. The maximum absolute atomic E-state index is 5.52. The SMILES string of the molecule is COc1ccc(OC)c(CC2CC(C)(C)NC(C)(C)C2)c1. The van der Waals surface area contributed by atoms with Gasteiger partial charge in [-0.1, -0.05) is 0 Å².